The maximum Gasteiger partial charge on any atom is 0.221 e. The number of carbonyl (C=O) groups excluding carboxylic acids is 1. The first-order chi connectivity index (χ1) is 12.5. The minimum Gasteiger partial charge on any atom is -0.385 e. The third kappa shape index (κ3) is 4.57. The standard InChI is InChI=1S/C22H29N3O/c1-16-12-17(2)14-20(13-16)23-10-8-22(26)24-15-18(3)25-11-9-19-6-4-5-7-21(19)25/h4-7,12-14,18,23H,8-11,15H2,1-3H3,(H,24,26)/t18-/m0/s1. The van der Waals surface area contributed by atoms with Crippen molar-refractivity contribution in [3.63, 3.8) is 0 Å². The Kier molecular flexibility index (Phi) is 5.82. The summed E-state index contributed by atoms with van der Waals surface area (Å²) in [7, 11) is 0. The molecular formula is C22H29N3O. The molecule has 4 nitrogen and oxygen atoms in total. The van der Waals surface area contributed by atoms with E-state index in [1.54, 1.807) is 0 Å². The van der Waals surface area contributed by atoms with Gasteiger partial charge in [-0.05, 0) is 62.1 Å². The van der Waals surface area contributed by atoms with Crippen molar-refractivity contribution in [2.24, 2.45) is 0 Å². The fraction of sp³-hybridized carbons (Fsp3) is 0.409. The van der Waals surface area contributed by atoms with Gasteiger partial charge in [-0.15, -0.1) is 0 Å². The van der Waals surface area contributed by atoms with E-state index in [0.717, 1.165) is 18.7 Å². The molecule has 2 aromatic carbocycles. The van der Waals surface area contributed by atoms with Crippen LogP contribution in [0.25, 0.3) is 0 Å². The molecule has 26 heavy (non-hydrogen) atoms. The monoisotopic (exact) mass is 351 g/mol. The van der Waals surface area contributed by atoms with Crippen molar-refractivity contribution in [1.29, 1.82) is 0 Å². The zero-order valence-electron chi connectivity index (χ0n) is 16.0. The van der Waals surface area contributed by atoms with E-state index in [-0.39, 0.29) is 5.91 Å². The van der Waals surface area contributed by atoms with Gasteiger partial charge in [-0.25, -0.2) is 0 Å². The predicted octanol–water partition coefficient (Wildman–Crippen LogP) is 3.67. The van der Waals surface area contributed by atoms with Crippen LogP contribution in [0.1, 0.15) is 30.0 Å². The molecule has 0 unspecified atom stereocenters. The van der Waals surface area contributed by atoms with Crippen molar-refractivity contribution in [3.8, 4) is 0 Å². The van der Waals surface area contributed by atoms with E-state index in [1.165, 1.54) is 22.4 Å². The summed E-state index contributed by atoms with van der Waals surface area (Å²) in [5, 5.41) is 6.42. The minimum atomic E-state index is 0.0983. The molecule has 4 heteroatoms. The van der Waals surface area contributed by atoms with Crippen LogP contribution in [0.3, 0.4) is 0 Å². The normalized spacial score (nSPS) is 14.0. The Hall–Kier alpha value is -2.49. The molecule has 1 aliphatic rings. The molecule has 3 rings (SSSR count). The first-order valence-corrected chi connectivity index (χ1v) is 9.46. The summed E-state index contributed by atoms with van der Waals surface area (Å²) in [6.07, 6.45) is 1.57. The van der Waals surface area contributed by atoms with Gasteiger partial charge in [-0.1, -0.05) is 24.3 Å². The molecule has 2 aromatic rings. The number of hydrogen-bond donors (Lipinski definition) is 2. The fourth-order valence-electron chi connectivity index (χ4n) is 3.68. The lowest BCUT2D eigenvalue weighted by Crippen LogP contribution is -2.41. The Balaban J connectivity index is 1.41. The summed E-state index contributed by atoms with van der Waals surface area (Å²) in [6, 6.07) is 15.2. The van der Waals surface area contributed by atoms with Crippen LogP contribution in [0.4, 0.5) is 11.4 Å². The second-order valence-electron chi connectivity index (χ2n) is 7.28. The lowest BCUT2D eigenvalue weighted by molar-refractivity contribution is -0.120. The number of aryl methyl sites for hydroxylation is 2. The van der Waals surface area contributed by atoms with Gasteiger partial charge in [0.1, 0.15) is 0 Å². The summed E-state index contributed by atoms with van der Waals surface area (Å²) in [4.78, 5) is 14.6. The Bertz CT molecular complexity index is 751. The Labute approximate surface area is 156 Å². The summed E-state index contributed by atoms with van der Waals surface area (Å²) in [5.74, 6) is 0.0983. The molecule has 1 heterocycles. The molecule has 1 atom stereocenters. The molecule has 0 spiro atoms. The summed E-state index contributed by atoms with van der Waals surface area (Å²) < 4.78 is 0. The SMILES string of the molecule is Cc1cc(C)cc(NCCC(=O)NC[C@H](C)N2CCc3ccccc32)c1. The number of amides is 1. The number of benzene rings is 2. The number of para-hydroxylation sites is 1. The number of rotatable bonds is 7. The molecule has 1 aliphatic heterocycles. The van der Waals surface area contributed by atoms with E-state index in [1.807, 2.05) is 0 Å². The smallest absolute Gasteiger partial charge is 0.221 e. The topological polar surface area (TPSA) is 44.4 Å². The summed E-state index contributed by atoms with van der Waals surface area (Å²) in [5.41, 5.74) is 6.26. The van der Waals surface area contributed by atoms with E-state index >= 15 is 0 Å². The lowest BCUT2D eigenvalue weighted by Gasteiger charge is -2.27. The molecule has 0 fully saturated rings. The highest BCUT2D eigenvalue weighted by molar-refractivity contribution is 5.76. The molecule has 2 N–H and O–H groups in total. The Morgan fingerprint density at radius 3 is 2.65 bits per heavy atom. The van der Waals surface area contributed by atoms with Crippen LogP contribution in [0.2, 0.25) is 0 Å². The van der Waals surface area contributed by atoms with Crippen molar-refractivity contribution in [2.45, 2.75) is 39.7 Å². The van der Waals surface area contributed by atoms with Crippen molar-refractivity contribution in [2.75, 3.05) is 29.9 Å². The first kappa shape index (κ1) is 18.3. The quantitative estimate of drug-likeness (QED) is 0.800. The maximum atomic E-state index is 12.2. The van der Waals surface area contributed by atoms with E-state index < -0.39 is 0 Å². The number of nitrogens with zero attached hydrogens (tertiary/aromatic N) is 1. The number of anilines is 2. The molecule has 0 aromatic heterocycles. The summed E-state index contributed by atoms with van der Waals surface area (Å²) >= 11 is 0. The van der Waals surface area contributed by atoms with E-state index in [9.17, 15) is 4.79 Å². The van der Waals surface area contributed by atoms with Gasteiger partial charge < -0.3 is 15.5 Å². The zero-order valence-corrected chi connectivity index (χ0v) is 16.0. The van der Waals surface area contributed by atoms with Crippen LogP contribution in [-0.2, 0) is 11.2 Å². The molecule has 0 radical (unpaired) electrons. The van der Waals surface area contributed by atoms with Gasteiger partial charge in [-0.2, -0.15) is 0 Å². The largest absolute Gasteiger partial charge is 0.385 e. The lowest BCUT2D eigenvalue weighted by atomic mass is 10.1. The van der Waals surface area contributed by atoms with Gasteiger partial charge in [0.25, 0.3) is 0 Å². The van der Waals surface area contributed by atoms with Crippen LogP contribution in [0, 0.1) is 13.8 Å². The first-order valence-electron chi connectivity index (χ1n) is 9.46. The average molecular weight is 351 g/mol. The number of carbonyl (C=O) groups is 1. The average Bonchev–Trinajstić information content (AvgIpc) is 3.03. The van der Waals surface area contributed by atoms with E-state index in [0.29, 0.717) is 25.6 Å². The van der Waals surface area contributed by atoms with Crippen LogP contribution in [0.15, 0.2) is 42.5 Å². The number of nitrogens with one attached hydrogen (secondary N) is 2. The zero-order chi connectivity index (χ0) is 18.5. The highest BCUT2D eigenvalue weighted by atomic mass is 16.1. The second kappa shape index (κ2) is 8.26. The maximum absolute atomic E-state index is 12.2. The van der Waals surface area contributed by atoms with E-state index in [4.69, 9.17) is 0 Å². The Morgan fingerprint density at radius 1 is 1.15 bits per heavy atom. The number of fused-ring (bicyclic) bond motifs is 1. The van der Waals surface area contributed by atoms with Crippen molar-refractivity contribution in [1.82, 2.24) is 5.32 Å². The van der Waals surface area contributed by atoms with Gasteiger partial charge >= 0.3 is 0 Å². The molecule has 0 bridgehead atoms. The van der Waals surface area contributed by atoms with Gasteiger partial charge in [-0.3, -0.25) is 4.79 Å². The predicted molar refractivity (Wildman–Crippen MR) is 109 cm³/mol. The molecule has 0 saturated carbocycles. The fourth-order valence-corrected chi connectivity index (χ4v) is 3.68. The van der Waals surface area contributed by atoms with Crippen LogP contribution < -0.4 is 15.5 Å². The molecule has 1 amide bonds. The van der Waals surface area contributed by atoms with Crippen molar-refractivity contribution < 1.29 is 4.79 Å². The Morgan fingerprint density at radius 2 is 1.88 bits per heavy atom. The highest BCUT2D eigenvalue weighted by Gasteiger charge is 2.22. The second-order valence-corrected chi connectivity index (χ2v) is 7.28. The van der Waals surface area contributed by atoms with Crippen LogP contribution in [0.5, 0.6) is 0 Å². The van der Waals surface area contributed by atoms with Gasteiger partial charge in [0, 0.05) is 43.5 Å². The third-order valence-corrected chi connectivity index (χ3v) is 4.95. The van der Waals surface area contributed by atoms with Crippen molar-refractivity contribution >= 4 is 17.3 Å². The molecule has 0 aliphatic carbocycles. The third-order valence-electron chi connectivity index (χ3n) is 4.95. The van der Waals surface area contributed by atoms with Crippen molar-refractivity contribution in [3.05, 3.63) is 59.2 Å². The minimum absolute atomic E-state index is 0.0983. The van der Waals surface area contributed by atoms with Gasteiger partial charge in [0.05, 0.1) is 0 Å². The number of hydrogen-bond acceptors (Lipinski definition) is 3. The highest BCUT2D eigenvalue weighted by Crippen LogP contribution is 2.28. The van der Waals surface area contributed by atoms with Crippen LogP contribution >= 0.6 is 0 Å². The molecule has 138 valence electrons. The summed E-state index contributed by atoms with van der Waals surface area (Å²) in [6.45, 7) is 8.71. The van der Waals surface area contributed by atoms with E-state index in [2.05, 4.69) is 78.8 Å². The van der Waals surface area contributed by atoms with Gasteiger partial charge in [0.2, 0.25) is 5.91 Å². The molecule has 0 saturated heterocycles. The molecular weight excluding hydrogens is 322 g/mol. The van der Waals surface area contributed by atoms with Gasteiger partial charge in [0.15, 0.2) is 0 Å². The van der Waals surface area contributed by atoms with Crippen LogP contribution in [-0.4, -0.2) is 31.6 Å².